The van der Waals surface area contributed by atoms with E-state index in [1.54, 1.807) is 24.5 Å². The number of nitrogens with one attached hydrogen (secondary N) is 1. The van der Waals surface area contributed by atoms with Gasteiger partial charge in [0.15, 0.2) is 0 Å². The minimum atomic E-state index is -1.78. The molecular weight excluding hydrogens is 545 g/mol. The van der Waals surface area contributed by atoms with Gasteiger partial charge in [0.2, 0.25) is 11.5 Å². The molecule has 2 N–H and O–H groups in total. The van der Waals surface area contributed by atoms with Crippen LogP contribution >= 0.6 is 0 Å². The molecule has 3 aliphatic rings. The summed E-state index contributed by atoms with van der Waals surface area (Å²) in [5.41, 5.74) is 2.67. The maximum atomic E-state index is 15.2. The number of carbonyl (C=O) groups is 3. The van der Waals surface area contributed by atoms with Crippen LogP contribution in [-0.4, -0.2) is 45.2 Å². The molecule has 220 valence electrons. The van der Waals surface area contributed by atoms with E-state index < -0.39 is 29.1 Å². The van der Waals surface area contributed by atoms with Crippen molar-refractivity contribution in [3.63, 3.8) is 0 Å². The lowest BCUT2D eigenvalue weighted by Crippen LogP contribution is -2.47. The minimum absolute atomic E-state index is 0.0556. The highest BCUT2D eigenvalue weighted by molar-refractivity contribution is 5.93. The molecule has 1 aliphatic carbocycles. The molecular formula is C31H32FN3O7. The average molecular weight is 578 g/mol. The Morgan fingerprint density at radius 3 is 2.69 bits per heavy atom. The number of hydrogen-bond donors (Lipinski definition) is 2. The van der Waals surface area contributed by atoms with Crippen LogP contribution in [0.2, 0.25) is 0 Å². The highest BCUT2D eigenvalue weighted by Gasteiger charge is 2.50. The molecule has 0 spiro atoms. The molecule has 0 bridgehead atoms. The Balaban J connectivity index is 1.65. The Morgan fingerprint density at radius 1 is 1.26 bits per heavy atom. The molecule has 0 saturated heterocycles. The van der Waals surface area contributed by atoms with Crippen molar-refractivity contribution in [1.82, 2.24) is 14.9 Å². The number of esters is 2. The van der Waals surface area contributed by atoms with Gasteiger partial charge in [-0.3, -0.25) is 14.4 Å². The lowest BCUT2D eigenvalue weighted by Gasteiger charge is -2.35. The summed E-state index contributed by atoms with van der Waals surface area (Å²) in [4.78, 5) is 56.2. The molecule has 6 rings (SSSR count). The van der Waals surface area contributed by atoms with Gasteiger partial charge >= 0.3 is 11.9 Å². The predicted octanol–water partition coefficient (Wildman–Crippen LogP) is 3.01. The first-order valence-corrected chi connectivity index (χ1v) is 14.2. The Morgan fingerprint density at radius 2 is 2.02 bits per heavy atom. The van der Waals surface area contributed by atoms with E-state index >= 15 is 4.39 Å². The van der Waals surface area contributed by atoms with Crippen LogP contribution in [0.1, 0.15) is 79.3 Å². The van der Waals surface area contributed by atoms with Crippen molar-refractivity contribution in [2.75, 3.05) is 6.61 Å². The van der Waals surface area contributed by atoms with Crippen LogP contribution in [0.25, 0.3) is 22.3 Å². The zero-order valence-corrected chi connectivity index (χ0v) is 23.9. The summed E-state index contributed by atoms with van der Waals surface area (Å²) < 4.78 is 27.6. The smallest absolute Gasteiger partial charge is 0.355 e. The van der Waals surface area contributed by atoms with Gasteiger partial charge in [0.05, 0.1) is 29.0 Å². The Hall–Kier alpha value is -4.12. The fourth-order valence-corrected chi connectivity index (χ4v) is 7.17. The number of amides is 1. The molecule has 2 aromatic heterocycles. The van der Waals surface area contributed by atoms with E-state index in [1.807, 2.05) is 0 Å². The van der Waals surface area contributed by atoms with Crippen LogP contribution in [0.5, 0.6) is 0 Å². The molecule has 10 nitrogen and oxygen atoms in total. The number of rotatable bonds is 6. The SMILES string of the molecule is CC[C@@]1(OC(C)=O)C(=O)OCc2c1cc1n(c2=O)Cc2c-1nc1cc(F)c(C)c3c1c2[C@@H]([C@H](CCO)NC(C)=O)CC3. The minimum Gasteiger partial charge on any atom is -0.457 e. The van der Waals surface area contributed by atoms with Gasteiger partial charge in [0.25, 0.3) is 5.56 Å². The maximum Gasteiger partial charge on any atom is 0.355 e. The molecule has 0 radical (unpaired) electrons. The van der Waals surface area contributed by atoms with Crippen molar-refractivity contribution in [2.45, 2.75) is 84.1 Å². The third-order valence-corrected chi connectivity index (χ3v) is 9.02. The van der Waals surface area contributed by atoms with Crippen molar-refractivity contribution in [2.24, 2.45) is 0 Å². The zero-order chi connectivity index (χ0) is 30.1. The Bertz CT molecular complexity index is 1760. The molecule has 0 saturated carbocycles. The first-order valence-electron chi connectivity index (χ1n) is 14.2. The number of cyclic esters (lactones) is 1. The van der Waals surface area contributed by atoms with Crippen molar-refractivity contribution >= 4 is 28.7 Å². The highest BCUT2D eigenvalue weighted by atomic mass is 19.1. The first kappa shape index (κ1) is 28.0. The van der Waals surface area contributed by atoms with E-state index in [4.69, 9.17) is 14.5 Å². The Labute approximate surface area is 240 Å². The summed E-state index contributed by atoms with van der Waals surface area (Å²) in [5.74, 6) is -2.27. The number of pyridine rings is 2. The van der Waals surface area contributed by atoms with Gasteiger partial charge in [-0.15, -0.1) is 0 Å². The van der Waals surface area contributed by atoms with Crippen molar-refractivity contribution in [1.29, 1.82) is 0 Å². The van der Waals surface area contributed by atoms with E-state index in [0.717, 1.165) is 22.1 Å². The second kappa shape index (κ2) is 10.0. The van der Waals surface area contributed by atoms with Gasteiger partial charge in [-0.1, -0.05) is 6.92 Å². The van der Waals surface area contributed by atoms with Crippen LogP contribution in [0.15, 0.2) is 16.9 Å². The monoisotopic (exact) mass is 577 g/mol. The summed E-state index contributed by atoms with van der Waals surface area (Å²) >= 11 is 0. The molecule has 0 fully saturated rings. The van der Waals surface area contributed by atoms with Gasteiger partial charge < -0.3 is 24.5 Å². The van der Waals surface area contributed by atoms with Gasteiger partial charge in [-0.25, -0.2) is 14.2 Å². The van der Waals surface area contributed by atoms with Crippen molar-refractivity contribution in [3.05, 3.63) is 61.7 Å². The van der Waals surface area contributed by atoms with Crippen LogP contribution in [0, 0.1) is 12.7 Å². The van der Waals surface area contributed by atoms with Crippen molar-refractivity contribution in [3.8, 4) is 11.4 Å². The number of benzene rings is 1. The number of fused-ring (bicyclic) bond motifs is 5. The number of hydrogen-bond acceptors (Lipinski definition) is 8. The second-order valence-corrected chi connectivity index (χ2v) is 11.3. The standard InChI is InChI=1S/C31H32FN3O7/c1-5-31(42-16(4)38)21-10-25-28-19(12-35(25)29(39)20(21)13-41-30(31)40)26-18(23(8-9-36)33-15(3)37)7-6-17-14(2)22(32)11-24(34-28)27(17)26/h10-11,18,23,36H,5-9,12-13H2,1-4H3,(H,33,37)/t18-,23+,31+/m1/s1. The topological polar surface area (TPSA) is 137 Å². The number of nitrogens with zero attached hydrogens (tertiary/aromatic N) is 2. The molecule has 3 aromatic rings. The van der Waals surface area contributed by atoms with Crippen LogP contribution < -0.4 is 10.9 Å². The summed E-state index contributed by atoms with van der Waals surface area (Å²) in [6, 6.07) is 2.67. The normalized spacial score (nSPS) is 20.8. The first-order chi connectivity index (χ1) is 20.0. The molecule has 3 atom stereocenters. The third-order valence-electron chi connectivity index (χ3n) is 9.02. The quantitative estimate of drug-likeness (QED) is 0.334. The van der Waals surface area contributed by atoms with Crippen LogP contribution in [0.3, 0.4) is 0 Å². The lowest BCUT2D eigenvalue weighted by atomic mass is 9.74. The van der Waals surface area contributed by atoms with E-state index in [9.17, 15) is 24.3 Å². The van der Waals surface area contributed by atoms with Gasteiger partial charge in [-0.2, -0.15) is 0 Å². The van der Waals surface area contributed by atoms with E-state index in [2.05, 4.69) is 5.32 Å². The largest absolute Gasteiger partial charge is 0.457 e. The average Bonchev–Trinajstić information content (AvgIpc) is 3.31. The van der Waals surface area contributed by atoms with Gasteiger partial charge in [-0.05, 0) is 55.4 Å². The molecule has 42 heavy (non-hydrogen) atoms. The highest BCUT2D eigenvalue weighted by Crippen LogP contribution is 2.48. The Kier molecular flexibility index (Phi) is 6.68. The number of halogens is 1. The molecule has 0 unspecified atom stereocenters. The summed E-state index contributed by atoms with van der Waals surface area (Å²) in [7, 11) is 0. The number of aliphatic hydroxyl groups excluding tert-OH is 1. The zero-order valence-electron chi connectivity index (χ0n) is 23.9. The van der Waals surface area contributed by atoms with Crippen LogP contribution in [0.4, 0.5) is 4.39 Å². The number of aromatic nitrogens is 2. The summed E-state index contributed by atoms with van der Waals surface area (Å²) in [6.07, 6.45) is 1.55. The summed E-state index contributed by atoms with van der Waals surface area (Å²) in [5, 5.41) is 13.7. The number of aryl methyl sites for hydroxylation is 1. The van der Waals surface area contributed by atoms with E-state index in [1.165, 1.54) is 19.9 Å². The van der Waals surface area contributed by atoms with Crippen molar-refractivity contribution < 1.29 is 33.4 Å². The summed E-state index contributed by atoms with van der Waals surface area (Å²) in [6.45, 7) is 5.82. The van der Waals surface area contributed by atoms with Crippen LogP contribution in [-0.2, 0) is 49.0 Å². The lowest BCUT2D eigenvalue weighted by molar-refractivity contribution is -0.188. The fraction of sp³-hybridized carbons (Fsp3) is 0.452. The number of carbonyl (C=O) groups excluding carboxylic acids is 3. The molecule has 11 heteroatoms. The second-order valence-electron chi connectivity index (χ2n) is 11.3. The number of aliphatic hydroxyl groups is 1. The van der Waals surface area contributed by atoms with Gasteiger partial charge in [0, 0.05) is 55.0 Å². The van der Waals surface area contributed by atoms with Gasteiger partial charge in [0.1, 0.15) is 12.4 Å². The molecule has 2 aliphatic heterocycles. The number of ether oxygens (including phenoxy) is 2. The molecule has 4 heterocycles. The predicted molar refractivity (Wildman–Crippen MR) is 149 cm³/mol. The fourth-order valence-electron chi connectivity index (χ4n) is 7.17. The molecule has 1 amide bonds. The third kappa shape index (κ3) is 3.97. The maximum absolute atomic E-state index is 15.2. The van der Waals surface area contributed by atoms with E-state index in [-0.39, 0.29) is 54.9 Å². The molecule has 1 aromatic carbocycles. The van der Waals surface area contributed by atoms with E-state index in [0.29, 0.717) is 41.7 Å².